The lowest BCUT2D eigenvalue weighted by molar-refractivity contribution is 0.507. The van der Waals surface area contributed by atoms with E-state index in [1.54, 1.807) is 26.1 Å². The first kappa shape index (κ1) is 20.6. The van der Waals surface area contributed by atoms with E-state index in [0.717, 1.165) is 31.5 Å². The molecule has 3 aromatic heterocycles. The number of halogens is 2. The molecule has 0 spiro atoms. The van der Waals surface area contributed by atoms with Crippen LogP contribution in [0.2, 0.25) is 5.02 Å². The lowest BCUT2D eigenvalue weighted by Crippen LogP contribution is -2.35. The molecule has 5 rings (SSSR count). The first-order valence-electron chi connectivity index (χ1n) is 10.5. The summed E-state index contributed by atoms with van der Waals surface area (Å²) in [5.74, 6) is 1.04. The zero-order chi connectivity index (χ0) is 22.4. The molecule has 1 aromatic carbocycles. The second-order valence-corrected chi connectivity index (χ2v) is 8.62. The third-order valence-electron chi connectivity index (χ3n) is 6.19. The molecule has 0 aliphatic carbocycles. The van der Waals surface area contributed by atoms with Crippen molar-refractivity contribution in [3.8, 4) is 11.3 Å². The first-order chi connectivity index (χ1) is 15.4. The highest BCUT2D eigenvalue weighted by Gasteiger charge is 2.25. The average molecular weight is 453 g/mol. The number of benzene rings is 1. The van der Waals surface area contributed by atoms with Crippen LogP contribution < -0.4 is 10.5 Å². The maximum absolute atomic E-state index is 14.9. The van der Waals surface area contributed by atoms with Gasteiger partial charge >= 0.3 is 0 Å². The Labute approximate surface area is 188 Å². The molecule has 164 valence electrons. The second kappa shape index (κ2) is 8.02. The summed E-state index contributed by atoms with van der Waals surface area (Å²) >= 11 is 5.96. The van der Waals surface area contributed by atoms with Gasteiger partial charge in [0.15, 0.2) is 0 Å². The van der Waals surface area contributed by atoms with Gasteiger partial charge in [0, 0.05) is 48.9 Å². The van der Waals surface area contributed by atoms with Crippen molar-refractivity contribution in [3.63, 3.8) is 0 Å². The van der Waals surface area contributed by atoms with Gasteiger partial charge in [-0.2, -0.15) is 5.10 Å². The predicted molar refractivity (Wildman–Crippen MR) is 123 cm³/mol. The number of nitrogens with zero attached hydrogens (tertiary/aromatic N) is 5. The maximum atomic E-state index is 14.9. The zero-order valence-corrected chi connectivity index (χ0v) is 18.5. The van der Waals surface area contributed by atoms with Gasteiger partial charge in [0.05, 0.1) is 22.8 Å². The van der Waals surface area contributed by atoms with Crippen LogP contribution in [0.5, 0.6) is 0 Å². The summed E-state index contributed by atoms with van der Waals surface area (Å²) in [4.78, 5) is 24.7. The topological polar surface area (TPSA) is 79.7 Å². The minimum atomic E-state index is -0.527. The van der Waals surface area contributed by atoms with Gasteiger partial charge in [-0.15, -0.1) is 0 Å². The van der Waals surface area contributed by atoms with Gasteiger partial charge in [0.25, 0.3) is 5.56 Å². The number of piperidine rings is 1. The van der Waals surface area contributed by atoms with E-state index in [4.69, 9.17) is 16.6 Å². The van der Waals surface area contributed by atoms with E-state index in [1.165, 1.54) is 10.6 Å². The maximum Gasteiger partial charge on any atom is 0.263 e. The highest BCUT2D eigenvalue weighted by atomic mass is 35.5. The molecule has 1 fully saturated rings. The SMILES string of the molecule is Cc1nc2cc(N3CCC[C@H](c4cn[nH]c4)C3)nc(-c3ccc(Cl)cc3F)c2c(=O)n1C. The van der Waals surface area contributed by atoms with Crippen molar-refractivity contribution < 1.29 is 4.39 Å². The van der Waals surface area contributed by atoms with Crippen LogP contribution in [0, 0.1) is 12.7 Å². The molecule has 0 radical (unpaired) electrons. The van der Waals surface area contributed by atoms with Crippen LogP contribution in [-0.2, 0) is 7.05 Å². The summed E-state index contributed by atoms with van der Waals surface area (Å²) in [6.45, 7) is 3.35. The smallest absolute Gasteiger partial charge is 0.263 e. The third kappa shape index (κ3) is 3.54. The minimum Gasteiger partial charge on any atom is -0.356 e. The number of rotatable bonds is 3. The Kier molecular flexibility index (Phi) is 5.17. The largest absolute Gasteiger partial charge is 0.356 e. The van der Waals surface area contributed by atoms with Crippen LogP contribution in [0.3, 0.4) is 0 Å². The number of aryl methyl sites for hydroxylation is 1. The number of hydrogen-bond donors (Lipinski definition) is 1. The van der Waals surface area contributed by atoms with E-state index >= 15 is 0 Å². The highest BCUT2D eigenvalue weighted by Crippen LogP contribution is 2.34. The lowest BCUT2D eigenvalue weighted by atomic mass is 9.93. The van der Waals surface area contributed by atoms with Crippen LogP contribution in [0.1, 0.15) is 30.1 Å². The van der Waals surface area contributed by atoms with Gasteiger partial charge < -0.3 is 4.90 Å². The van der Waals surface area contributed by atoms with Gasteiger partial charge in [0.2, 0.25) is 0 Å². The van der Waals surface area contributed by atoms with Crippen molar-refractivity contribution in [3.05, 3.63) is 69.2 Å². The van der Waals surface area contributed by atoms with Crippen molar-refractivity contribution in [1.29, 1.82) is 0 Å². The van der Waals surface area contributed by atoms with Crippen LogP contribution in [0.15, 0.2) is 41.5 Å². The molecule has 9 heteroatoms. The molecule has 1 aliphatic heterocycles. The van der Waals surface area contributed by atoms with Gasteiger partial charge in [-0.05, 0) is 43.5 Å². The van der Waals surface area contributed by atoms with Crippen molar-refractivity contribution >= 4 is 28.3 Å². The quantitative estimate of drug-likeness (QED) is 0.504. The second-order valence-electron chi connectivity index (χ2n) is 8.19. The number of anilines is 1. The molecule has 0 bridgehead atoms. The van der Waals surface area contributed by atoms with Crippen molar-refractivity contribution in [2.45, 2.75) is 25.7 Å². The molecule has 0 unspecified atom stereocenters. The van der Waals surface area contributed by atoms with Crippen molar-refractivity contribution in [2.75, 3.05) is 18.0 Å². The fourth-order valence-corrected chi connectivity index (χ4v) is 4.52. The fourth-order valence-electron chi connectivity index (χ4n) is 4.36. The van der Waals surface area contributed by atoms with E-state index in [0.29, 0.717) is 28.5 Å². The summed E-state index contributed by atoms with van der Waals surface area (Å²) in [7, 11) is 1.65. The van der Waals surface area contributed by atoms with Crippen molar-refractivity contribution in [2.24, 2.45) is 7.05 Å². The molecule has 1 aliphatic rings. The predicted octanol–water partition coefficient (Wildman–Crippen LogP) is 4.20. The summed E-state index contributed by atoms with van der Waals surface area (Å²) in [6, 6.07) is 6.23. The molecule has 4 heterocycles. The first-order valence-corrected chi connectivity index (χ1v) is 10.9. The van der Waals surface area contributed by atoms with Crippen LogP contribution >= 0.6 is 11.6 Å². The number of aromatic amines is 1. The van der Waals surface area contributed by atoms with E-state index in [1.807, 2.05) is 18.5 Å². The molecule has 1 atom stereocenters. The number of H-pyrrole nitrogens is 1. The molecule has 1 N–H and O–H groups in total. The van der Waals surface area contributed by atoms with Gasteiger partial charge in [-0.1, -0.05) is 11.6 Å². The highest BCUT2D eigenvalue weighted by molar-refractivity contribution is 6.30. The number of hydrogen-bond acceptors (Lipinski definition) is 5. The summed E-state index contributed by atoms with van der Waals surface area (Å²) in [5, 5.41) is 7.54. The summed E-state index contributed by atoms with van der Waals surface area (Å²) in [6.07, 6.45) is 5.82. The Bertz CT molecular complexity index is 1370. The van der Waals surface area contributed by atoms with E-state index in [2.05, 4.69) is 20.1 Å². The molecular formula is C23H22ClFN6O. The zero-order valence-electron chi connectivity index (χ0n) is 17.8. The summed E-state index contributed by atoms with van der Waals surface area (Å²) in [5.41, 5.74) is 1.91. The van der Waals surface area contributed by atoms with Gasteiger partial charge in [-0.3, -0.25) is 14.5 Å². The van der Waals surface area contributed by atoms with Crippen LogP contribution in [0.4, 0.5) is 10.2 Å². The number of fused-ring (bicyclic) bond motifs is 1. The molecular weight excluding hydrogens is 431 g/mol. The molecule has 0 saturated carbocycles. The Hall–Kier alpha value is -3.26. The van der Waals surface area contributed by atoms with Crippen LogP contribution in [-0.4, -0.2) is 37.8 Å². The number of nitrogens with one attached hydrogen (secondary N) is 1. The fraction of sp³-hybridized carbons (Fsp3) is 0.304. The molecule has 0 amide bonds. The number of aromatic nitrogens is 5. The Morgan fingerprint density at radius 2 is 2.09 bits per heavy atom. The molecule has 7 nitrogen and oxygen atoms in total. The Balaban J connectivity index is 1.69. The summed E-state index contributed by atoms with van der Waals surface area (Å²) < 4.78 is 16.4. The number of pyridine rings is 1. The normalized spacial score (nSPS) is 16.6. The average Bonchev–Trinajstić information content (AvgIpc) is 3.32. The standard InChI is InChI=1S/C23H22ClFN6O/c1-13-28-19-9-20(31-7-3-4-14(12-31)15-10-26-27-11-15)29-22(21(19)23(32)30(13)2)17-6-5-16(24)8-18(17)25/h5-6,8-11,14H,3-4,7,12H2,1-2H3,(H,26,27)/t14-/m0/s1. The van der Waals surface area contributed by atoms with E-state index < -0.39 is 5.82 Å². The third-order valence-corrected chi connectivity index (χ3v) is 6.43. The Morgan fingerprint density at radius 1 is 1.25 bits per heavy atom. The lowest BCUT2D eigenvalue weighted by Gasteiger charge is -2.33. The minimum absolute atomic E-state index is 0.229. The monoisotopic (exact) mass is 452 g/mol. The van der Waals surface area contributed by atoms with E-state index in [9.17, 15) is 9.18 Å². The molecule has 32 heavy (non-hydrogen) atoms. The molecule has 1 saturated heterocycles. The van der Waals surface area contributed by atoms with Crippen LogP contribution in [0.25, 0.3) is 22.2 Å². The van der Waals surface area contributed by atoms with Crippen molar-refractivity contribution in [1.82, 2.24) is 24.7 Å². The Morgan fingerprint density at radius 3 is 2.84 bits per heavy atom. The molecule has 4 aromatic rings. The van der Waals surface area contributed by atoms with Gasteiger partial charge in [-0.25, -0.2) is 14.4 Å². The van der Waals surface area contributed by atoms with E-state index in [-0.39, 0.29) is 21.8 Å². The van der Waals surface area contributed by atoms with Gasteiger partial charge in [0.1, 0.15) is 17.5 Å².